The molecule has 0 spiro atoms. The van der Waals surface area contributed by atoms with Gasteiger partial charge >= 0.3 is 0 Å². The zero-order valence-corrected chi connectivity index (χ0v) is 16.2. The number of fused-ring (bicyclic) bond motifs is 1. The van der Waals surface area contributed by atoms with Gasteiger partial charge < -0.3 is 4.90 Å². The third-order valence-corrected chi connectivity index (χ3v) is 6.44. The van der Waals surface area contributed by atoms with Crippen LogP contribution in [-0.4, -0.2) is 39.1 Å². The Labute approximate surface area is 167 Å². The van der Waals surface area contributed by atoms with E-state index >= 15 is 0 Å². The molecule has 5 nitrogen and oxygen atoms in total. The van der Waals surface area contributed by atoms with Crippen molar-refractivity contribution in [1.29, 1.82) is 0 Å². The van der Waals surface area contributed by atoms with Crippen LogP contribution < -0.4 is 0 Å². The summed E-state index contributed by atoms with van der Waals surface area (Å²) in [5.74, 6) is 0.312. The van der Waals surface area contributed by atoms with Crippen molar-refractivity contribution in [3.8, 4) is 11.3 Å². The highest BCUT2D eigenvalue weighted by Gasteiger charge is 2.28. The number of aromatic amines is 1. The quantitative estimate of drug-likeness (QED) is 0.553. The number of nitrogens with zero attached hydrogens (tertiary/aromatic N) is 3. The Balaban J connectivity index is 1.35. The van der Waals surface area contributed by atoms with Crippen LogP contribution in [-0.2, 0) is 0 Å². The predicted molar refractivity (Wildman–Crippen MR) is 112 cm³/mol. The molecule has 5 rings (SSSR count). The Bertz CT molecular complexity index is 1080. The van der Waals surface area contributed by atoms with Crippen molar-refractivity contribution >= 4 is 27.5 Å². The molecule has 2 aromatic heterocycles. The van der Waals surface area contributed by atoms with E-state index in [1.165, 1.54) is 4.70 Å². The Morgan fingerprint density at radius 1 is 1.11 bits per heavy atom. The molecule has 1 saturated heterocycles. The minimum atomic E-state index is 0.0143. The SMILES string of the molecule is O=C(c1cc(-c2ccccc2)n[nH]1)N1CCC[C@@H](c2nc3ccccc3s2)C1. The molecular weight excluding hydrogens is 368 g/mol. The van der Waals surface area contributed by atoms with E-state index in [9.17, 15) is 4.79 Å². The van der Waals surface area contributed by atoms with Crippen LogP contribution in [0.1, 0.15) is 34.3 Å². The minimum Gasteiger partial charge on any atom is -0.337 e. The van der Waals surface area contributed by atoms with Gasteiger partial charge in [0.1, 0.15) is 5.69 Å². The number of hydrogen-bond acceptors (Lipinski definition) is 4. The standard InChI is InChI=1S/C22H20N4OS/c27-22(19-13-18(24-25-19)15-7-2-1-3-8-15)26-12-6-9-16(14-26)21-23-17-10-4-5-11-20(17)28-21/h1-5,7-8,10-11,13,16H,6,9,12,14H2,(H,24,25)/t16-/m1/s1. The summed E-state index contributed by atoms with van der Waals surface area (Å²) in [5.41, 5.74) is 3.39. The fraction of sp³-hybridized carbons (Fsp3) is 0.227. The maximum atomic E-state index is 13.0. The highest BCUT2D eigenvalue weighted by molar-refractivity contribution is 7.18. The fourth-order valence-electron chi connectivity index (χ4n) is 3.79. The molecule has 0 saturated carbocycles. The molecule has 4 aromatic rings. The van der Waals surface area contributed by atoms with Gasteiger partial charge in [-0.25, -0.2) is 4.98 Å². The first-order chi connectivity index (χ1) is 13.8. The van der Waals surface area contributed by atoms with Crippen molar-refractivity contribution in [3.05, 3.63) is 71.4 Å². The second-order valence-electron chi connectivity index (χ2n) is 7.14. The second kappa shape index (κ2) is 7.20. The molecule has 140 valence electrons. The summed E-state index contributed by atoms with van der Waals surface area (Å²) in [6.07, 6.45) is 2.06. The van der Waals surface area contributed by atoms with Crippen LogP contribution in [0.2, 0.25) is 0 Å². The van der Waals surface area contributed by atoms with Crippen LogP contribution in [0.15, 0.2) is 60.7 Å². The van der Waals surface area contributed by atoms with Gasteiger partial charge in [0, 0.05) is 24.6 Å². The van der Waals surface area contributed by atoms with Crippen LogP contribution in [0.4, 0.5) is 0 Å². The van der Waals surface area contributed by atoms with Crippen LogP contribution in [0, 0.1) is 0 Å². The summed E-state index contributed by atoms with van der Waals surface area (Å²) in [7, 11) is 0. The maximum Gasteiger partial charge on any atom is 0.271 e. The summed E-state index contributed by atoms with van der Waals surface area (Å²) in [5, 5.41) is 8.38. The van der Waals surface area contributed by atoms with Crippen molar-refractivity contribution in [2.75, 3.05) is 13.1 Å². The number of hydrogen-bond donors (Lipinski definition) is 1. The molecule has 1 atom stereocenters. The van der Waals surface area contributed by atoms with E-state index in [0.29, 0.717) is 18.2 Å². The van der Waals surface area contributed by atoms with E-state index in [2.05, 4.69) is 22.3 Å². The molecular formula is C22H20N4OS. The molecule has 1 fully saturated rings. The first-order valence-corrected chi connectivity index (χ1v) is 10.3. The summed E-state index contributed by atoms with van der Waals surface area (Å²) in [4.78, 5) is 19.8. The summed E-state index contributed by atoms with van der Waals surface area (Å²) >= 11 is 1.75. The smallest absolute Gasteiger partial charge is 0.271 e. The van der Waals surface area contributed by atoms with E-state index in [0.717, 1.165) is 41.2 Å². The number of H-pyrrole nitrogens is 1. The van der Waals surface area contributed by atoms with Gasteiger partial charge in [0.15, 0.2) is 0 Å². The molecule has 3 heterocycles. The molecule has 0 unspecified atom stereocenters. The number of piperidine rings is 1. The Morgan fingerprint density at radius 2 is 1.93 bits per heavy atom. The molecule has 0 aliphatic carbocycles. The lowest BCUT2D eigenvalue weighted by molar-refractivity contribution is 0.0701. The topological polar surface area (TPSA) is 61.9 Å². The third-order valence-electron chi connectivity index (χ3n) is 5.25. The lowest BCUT2D eigenvalue weighted by Gasteiger charge is -2.31. The van der Waals surface area contributed by atoms with E-state index in [1.54, 1.807) is 11.3 Å². The van der Waals surface area contributed by atoms with E-state index < -0.39 is 0 Å². The molecule has 2 aromatic carbocycles. The molecule has 1 aliphatic rings. The lowest BCUT2D eigenvalue weighted by atomic mass is 9.98. The number of amides is 1. The number of aromatic nitrogens is 3. The summed E-state index contributed by atoms with van der Waals surface area (Å²) in [6, 6.07) is 20.0. The number of likely N-dealkylation sites (tertiary alicyclic amines) is 1. The third kappa shape index (κ3) is 3.20. The average Bonchev–Trinajstić information content (AvgIpc) is 3.41. The number of thiazole rings is 1. The molecule has 6 heteroatoms. The van der Waals surface area contributed by atoms with Gasteiger partial charge in [-0.05, 0) is 31.0 Å². The van der Waals surface area contributed by atoms with E-state index in [-0.39, 0.29) is 5.91 Å². The van der Waals surface area contributed by atoms with Crippen molar-refractivity contribution in [2.24, 2.45) is 0 Å². The summed E-state index contributed by atoms with van der Waals surface area (Å²) in [6.45, 7) is 1.48. The zero-order chi connectivity index (χ0) is 18.9. The highest BCUT2D eigenvalue weighted by Crippen LogP contribution is 2.33. The molecule has 1 amide bonds. The monoisotopic (exact) mass is 388 g/mol. The first-order valence-electron chi connectivity index (χ1n) is 9.53. The normalized spacial score (nSPS) is 17.1. The number of para-hydroxylation sites is 1. The van der Waals surface area contributed by atoms with Gasteiger partial charge in [0.05, 0.1) is 20.9 Å². The van der Waals surface area contributed by atoms with Crippen molar-refractivity contribution < 1.29 is 4.79 Å². The van der Waals surface area contributed by atoms with Gasteiger partial charge in [0.25, 0.3) is 5.91 Å². The van der Waals surface area contributed by atoms with Gasteiger partial charge in [0.2, 0.25) is 0 Å². The van der Waals surface area contributed by atoms with Gasteiger partial charge in [-0.2, -0.15) is 5.10 Å². The number of carbonyl (C=O) groups excluding carboxylic acids is 1. The summed E-state index contributed by atoms with van der Waals surface area (Å²) < 4.78 is 1.21. The van der Waals surface area contributed by atoms with Crippen LogP contribution in [0.5, 0.6) is 0 Å². The van der Waals surface area contributed by atoms with Gasteiger partial charge in [-0.1, -0.05) is 42.5 Å². The van der Waals surface area contributed by atoms with E-state index in [1.807, 2.05) is 53.4 Å². The lowest BCUT2D eigenvalue weighted by Crippen LogP contribution is -2.39. The second-order valence-corrected chi connectivity index (χ2v) is 8.21. The molecule has 0 radical (unpaired) electrons. The van der Waals surface area contributed by atoms with Crippen molar-refractivity contribution in [2.45, 2.75) is 18.8 Å². The van der Waals surface area contributed by atoms with Crippen LogP contribution in [0.25, 0.3) is 21.5 Å². The number of benzene rings is 2. The number of rotatable bonds is 3. The van der Waals surface area contributed by atoms with Gasteiger partial charge in [-0.15, -0.1) is 11.3 Å². The van der Waals surface area contributed by atoms with Crippen LogP contribution >= 0.6 is 11.3 Å². The number of nitrogens with one attached hydrogen (secondary N) is 1. The largest absolute Gasteiger partial charge is 0.337 e. The van der Waals surface area contributed by atoms with Crippen LogP contribution in [0.3, 0.4) is 0 Å². The Morgan fingerprint density at radius 3 is 2.79 bits per heavy atom. The molecule has 1 aliphatic heterocycles. The molecule has 28 heavy (non-hydrogen) atoms. The van der Waals surface area contributed by atoms with Crippen molar-refractivity contribution in [3.63, 3.8) is 0 Å². The fourth-order valence-corrected chi connectivity index (χ4v) is 4.88. The highest BCUT2D eigenvalue weighted by atomic mass is 32.1. The molecule has 0 bridgehead atoms. The van der Waals surface area contributed by atoms with E-state index in [4.69, 9.17) is 4.98 Å². The van der Waals surface area contributed by atoms with Crippen molar-refractivity contribution in [1.82, 2.24) is 20.1 Å². The number of carbonyl (C=O) groups is 1. The van der Waals surface area contributed by atoms with Gasteiger partial charge in [-0.3, -0.25) is 9.89 Å². The average molecular weight is 388 g/mol. The first kappa shape index (κ1) is 17.1. The maximum absolute atomic E-state index is 13.0. The molecule has 1 N–H and O–H groups in total. The Hall–Kier alpha value is -2.99. The predicted octanol–water partition coefficient (Wildman–Crippen LogP) is 4.71. The minimum absolute atomic E-state index is 0.0143. The Kier molecular flexibility index (Phi) is 4.41. The zero-order valence-electron chi connectivity index (χ0n) is 15.3.